The Kier molecular flexibility index (Phi) is 4.92. The fraction of sp³-hybridized carbons (Fsp3) is 0.227. The first-order chi connectivity index (χ1) is 13.9. The van der Waals surface area contributed by atoms with Crippen LogP contribution in [0.5, 0.6) is 5.75 Å². The van der Waals surface area contributed by atoms with Crippen molar-refractivity contribution in [1.29, 1.82) is 0 Å². The second kappa shape index (κ2) is 7.40. The van der Waals surface area contributed by atoms with Crippen LogP contribution in [0.25, 0.3) is 16.8 Å². The predicted octanol–water partition coefficient (Wildman–Crippen LogP) is 4.14. The molecule has 0 saturated heterocycles. The molecular weight excluding hydrogens is 381 g/mol. The lowest BCUT2D eigenvalue weighted by Crippen LogP contribution is -2.34. The van der Waals surface area contributed by atoms with Gasteiger partial charge in [0.25, 0.3) is 5.56 Å². The molecule has 0 bridgehead atoms. The molecule has 0 spiro atoms. The number of aromatic nitrogens is 1. The average molecular weight is 400 g/mol. The minimum absolute atomic E-state index is 0.0168. The first-order valence-electron chi connectivity index (χ1n) is 9.21. The zero-order valence-corrected chi connectivity index (χ0v) is 15.9. The Balaban J connectivity index is 1.94. The molecular formula is C22H19F3N2O2. The molecule has 2 aromatic carbocycles. The fourth-order valence-electron chi connectivity index (χ4n) is 3.84. The minimum atomic E-state index is -0.808. The smallest absolute Gasteiger partial charge is 0.255 e. The van der Waals surface area contributed by atoms with Crippen LogP contribution >= 0.6 is 0 Å². The number of pyridine rings is 1. The monoisotopic (exact) mass is 400 g/mol. The van der Waals surface area contributed by atoms with Crippen LogP contribution < -0.4 is 15.6 Å². The Hall–Kier alpha value is -3.06. The number of nitrogens with zero attached hydrogens (tertiary/aromatic N) is 1. The molecule has 0 amide bonds. The Morgan fingerprint density at radius 3 is 2.48 bits per heavy atom. The third-order valence-corrected chi connectivity index (χ3v) is 5.19. The van der Waals surface area contributed by atoms with Crippen LogP contribution in [-0.4, -0.2) is 18.2 Å². The number of fused-ring (bicyclic) bond motifs is 1. The van der Waals surface area contributed by atoms with Gasteiger partial charge in [0.2, 0.25) is 0 Å². The molecule has 1 aliphatic rings. The van der Waals surface area contributed by atoms with Crippen molar-refractivity contribution in [3.8, 4) is 22.6 Å². The summed E-state index contributed by atoms with van der Waals surface area (Å²) in [5.41, 5.74) is 1.71. The number of halogens is 3. The highest BCUT2D eigenvalue weighted by Crippen LogP contribution is 2.34. The second-order valence-corrected chi connectivity index (χ2v) is 7.00. The summed E-state index contributed by atoms with van der Waals surface area (Å²) in [5, 5.41) is 3.33. The van der Waals surface area contributed by atoms with E-state index in [2.05, 4.69) is 5.32 Å². The van der Waals surface area contributed by atoms with Gasteiger partial charge >= 0.3 is 0 Å². The molecule has 1 N–H and O–H groups in total. The minimum Gasteiger partial charge on any atom is -0.495 e. The summed E-state index contributed by atoms with van der Waals surface area (Å²) in [6.07, 6.45) is 0.595. The highest BCUT2D eigenvalue weighted by Gasteiger charge is 2.23. The first-order valence-corrected chi connectivity index (χ1v) is 9.21. The summed E-state index contributed by atoms with van der Waals surface area (Å²) < 4.78 is 49.1. The number of hydrogen-bond donors (Lipinski definition) is 1. The SMILES string of the molecule is COc1cc(-c2cc(F)cc(F)c2)c(F)cc1-n1c2c(ccc1=O)C(C)NCC2. The van der Waals surface area contributed by atoms with Gasteiger partial charge in [0.05, 0.1) is 12.8 Å². The summed E-state index contributed by atoms with van der Waals surface area (Å²) in [7, 11) is 1.40. The van der Waals surface area contributed by atoms with Crippen molar-refractivity contribution in [3.63, 3.8) is 0 Å². The van der Waals surface area contributed by atoms with Crippen LogP contribution in [0.15, 0.2) is 47.3 Å². The molecule has 7 heteroatoms. The van der Waals surface area contributed by atoms with Gasteiger partial charge in [-0.2, -0.15) is 0 Å². The van der Waals surface area contributed by atoms with Gasteiger partial charge in [0, 0.05) is 48.5 Å². The van der Waals surface area contributed by atoms with Crippen LogP contribution in [0, 0.1) is 17.5 Å². The van der Waals surface area contributed by atoms with E-state index in [1.54, 1.807) is 6.07 Å². The van der Waals surface area contributed by atoms with E-state index in [1.807, 2.05) is 6.92 Å². The van der Waals surface area contributed by atoms with Crippen molar-refractivity contribution < 1.29 is 17.9 Å². The molecule has 1 unspecified atom stereocenters. The van der Waals surface area contributed by atoms with Gasteiger partial charge in [-0.25, -0.2) is 13.2 Å². The largest absolute Gasteiger partial charge is 0.495 e. The number of methoxy groups -OCH3 is 1. The van der Waals surface area contributed by atoms with Gasteiger partial charge in [0.15, 0.2) is 0 Å². The number of ether oxygens (including phenoxy) is 1. The molecule has 4 nitrogen and oxygen atoms in total. The molecule has 4 rings (SSSR count). The van der Waals surface area contributed by atoms with Crippen LogP contribution in [0.2, 0.25) is 0 Å². The topological polar surface area (TPSA) is 43.3 Å². The van der Waals surface area contributed by atoms with E-state index < -0.39 is 17.5 Å². The Morgan fingerprint density at radius 2 is 1.79 bits per heavy atom. The van der Waals surface area contributed by atoms with E-state index in [4.69, 9.17) is 4.74 Å². The highest BCUT2D eigenvalue weighted by atomic mass is 19.1. The molecule has 0 aliphatic carbocycles. The van der Waals surface area contributed by atoms with E-state index in [1.165, 1.54) is 29.9 Å². The number of hydrogen-bond acceptors (Lipinski definition) is 3. The van der Waals surface area contributed by atoms with Crippen molar-refractivity contribution in [2.75, 3.05) is 13.7 Å². The summed E-state index contributed by atoms with van der Waals surface area (Å²) in [6, 6.07) is 8.61. The molecule has 29 heavy (non-hydrogen) atoms. The van der Waals surface area contributed by atoms with Gasteiger partial charge in [-0.1, -0.05) is 6.07 Å². The molecule has 3 aromatic rings. The number of rotatable bonds is 3. The third kappa shape index (κ3) is 3.42. The fourth-order valence-corrected chi connectivity index (χ4v) is 3.84. The normalized spacial score (nSPS) is 15.8. The third-order valence-electron chi connectivity index (χ3n) is 5.19. The van der Waals surface area contributed by atoms with E-state index in [-0.39, 0.29) is 34.2 Å². The van der Waals surface area contributed by atoms with E-state index >= 15 is 4.39 Å². The zero-order valence-electron chi connectivity index (χ0n) is 15.9. The van der Waals surface area contributed by atoms with Gasteiger partial charge < -0.3 is 10.1 Å². The quantitative estimate of drug-likeness (QED) is 0.719. The molecule has 1 aromatic heterocycles. The van der Waals surface area contributed by atoms with Crippen LogP contribution in [-0.2, 0) is 6.42 Å². The van der Waals surface area contributed by atoms with Gasteiger partial charge in [0.1, 0.15) is 23.2 Å². The molecule has 150 valence electrons. The lowest BCUT2D eigenvalue weighted by atomic mass is 9.99. The average Bonchev–Trinajstić information content (AvgIpc) is 2.67. The maximum Gasteiger partial charge on any atom is 0.255 e. The van der Waals surface area contributed by atoms with Crippen LogP contribution in [0.4, 0.5) is 13.2 Å². The van der Waals surface area contributed by atoms with E-state index in [0.29, 0.717) is 13.0 Å². The van der Waals surface area contributed by atoms with E-state index in [9.17, 15) is 13.6 Å². The molecule has 1 atom stereocenters. The Labute approximate surface area is 165 Å². The molecule has 2 heterocycles. The number of benzene rings is 2. The Morgan fingerprint density at radius 1 is 1.07 bits per heavy atom. The molecule has 1 aliphatic heterocycles. The summed E-state index contributed by atoms with van der Waals surface area (Å²) in [6.45, 7) is 2.68. The van der Waals surface area contributed by atoms with Crippen molar-refractivity contribution >= 4 is 0 Å². The predicted molar refractivity (Wildman–Crippen MR) is 104 cm³/mol. The van der Waals surface area contributed by atoms with Crippen molar-refractivity contribution in [1.82, 2.24) is 9.88 Å². The molecule has 0 fully saturated rings. The maximum absolute atomic E-state index is 15.0. The van der Waals surface area contributed by atoms with Gasteiger partial charge in [-0.05, 0) is 36.2 Å². The summed E-state index contributed by atoms with van der Waals surface area (Å²) in [4.78, 5) is 12.7. The van der Waals surface area contributed by atoms with Crippen molar-refractivity contribution in [2.24, 2.45) is 0 Å². The van der Waals surface area contributed by atoms with Crippen LogP contribution in [0.3, 0.4) is 0 Å². The summed E-state index contributed by atoms with van der Waals surface area (Å²) in [5.74, 6) is -2.10. The first kappa shape index (κ1) is 19.3. The zero-order chi connectivity index (χ0) is 20.7. The lowest BCUT2D eigenvalue weighted by Gasteiger charge is -2.27. The lowest BCUT2D eigenvalue weighted by molar-refractivity contribution is 0.410. The van der Waals surface area contributed by atoms with Crippen molar-refractivity contribution in [3.05, 3.63) is 81.5 Å². The van der Waals surface area contributed by atoms with Crippen molar-refractivity contribution in [2.45, 2.75) is 19.4 Å². The molecule has 0 saturated carbocycles. The standard InChI is InChI=1S/C22H19F3N2O2/c1-12-16-3-4-22(28)27(19(16)5-6-26-12)20-11-18(25)17(10-21(20)29-2)13-7-14(23)9-15(24)8-13/h3-4,7-12,26H,5-6H2,1-2H3. The van der Waals surface area contributed by atoms with E-state index in [0.717, 1.165) is 29.5 Å². The van der Waals surface area contributed by atoms with Gasteiger partial charge in [-0.15, -0.1) is 0 Å². The number of nitrogens with one attached hydrogen (secondary N) is 1. The molecule has 0 radical (unpaired) electrons. The second-order valence-electron chi connectivity index (χ2n) is 7.00. The van der Waals surface area contributed by atoms with Crippen LogP contribution in [0.1, 0.15) is 24.2 Å². The summed E-state index contributed by atoms with van der Waals surface area (Å²) >= 11 is 0. The Bertz CT molecular complexity index is 1140. The van der Waals surface area contributed by atoms with Gasteiger partial charge in [-0.3, -0.25) is 9.36 Å². The highest BCUT2D eigenvalue weighted by molar-refractivity contribution is 5.69. The maximum atomic E-state index is 15.0.